The van der Waals surface area contributed by atoms with Gasteiger partial charge in [0.1, 0.15) is 5.75 Å². The van der Waals surface area contributed by atoms with Gasteiger partial charge in [-0.15, -0.1) is 0 Å². The number of hydrogen-bond donors (Lipinski definition) is 1. The van der Waals surface area contributed by atoms with Crippen LogP contribution in [0.15, 0.2) is 24.3 Å². The molecule has 1 aromatic rings. The summed E-state index contributed by atoms with van der Waals surface area (Å²) in [6.45, 7) is 4.29. The second kappa shape index (κ2) is 6.47. The molecular formula is C15H21NO4S. The lowest BCUT2D eigenvalue weighted by Gasteiger charge is -2.11. The van der Waals surface area contributed by atoms with Crippen molar-refractivity contribution in [1.29, 1.82) is 0 Å². The van der Waals surface area contributed by atoms with Gasteiger partial charge in [0, 0.05) is 12.1 Å². The van der Waals surface area contributed by atoms with Gasteiger partial charge in [-0.3, -0.25) is 4.79 Å². The van der Waals surface area contributed by atoms with E-state index >= 15 is 0 Å². The highest BCUT2D eigenvalue weighted by atomic mass is 32.2. The van der Waals surface area contributed by atoms with Crippen LogP contribution in [0.5, 0.6) is 5.75 Å². The lowest BCUT2D eigenvalue weighted by Crippen LogP contribution is -2.29. The Hall–Kier alpha value is -1.56. The molecule has 0 unspecified atom stereocenters. The van der Waals surface area contributed by atoms with Gasteiger partial charge in [-0.2, -0.15) is 0 Å². The molecule has 116 valence electrons. The molecule has 6 heteroatoms. The van der Waals surface area contributed by atoms with Gasteiger partial charge in [0.25, 0.3) is 5.91 Å². The second-order valence-corrected chi connectivity index (χ2v) is 7.90. The molecule has 0 spiro atoms. The Morgan fingerprint density at radius 3 is 2.52 bits per heavy atom. The van der Waals surface area contributed by atoms with Gasteiger partial charge in [0.15, 0.2) is 9.84 Å². The molecule has 2 rings (SSSR count). The molecule has 1 aliphatic heterocycles. The van der Waals surface area contributed by atoms with Crippen LogP contribution in [0.3, 0.4) is 0 Å². The zero-order chi connectivity index (χ0) is 15.5. The standard InChI is InChI=1S/C15H21NO4S/c1-11(2)20-14-5-3-13(4-6-14)15(17)16-9-12-7-8-21(18,19)10-12/h3-6,11-12H,7-10H2,1-2H3,(H,16,17)/t12-/m0/s1. The molecule has 0 aliphatic carbocycles. The Morgan fingerprint density at radius 1 is 1.33 bits per heavy atom. The van der Waals surface area contributed by atoms with E-state index in [4.69, 9.17) is 4.74 Å². The van der Waals surface area contributed by atoms with Crippen molar-refractivity contribution in [1.82, 2.24) is 5.32 Å². The van der Waals surface area contributed by atoms with Gasteiger partial charge in [0.05, 0.1) is 17.6 Å². The number of rotatable bonds is 5. The molecule has 1 N–H and O–H groups in total. The van der Waals surface area contributed by atoms with Crippen LogP contribution in [0.2, 0.25) is 0 Å². The van der Waals surface area contributed by atoms with E-state index in [1.165, 1.54) is 0 Å². The van der Waals surface area contributed by atoms with Gasteiger partial charge in [-0.1, -0.05) is 0 Å². The number of ether oxygens (including phenoxy) is 1. The molecule has 0 saturated carbocycles. The fourth-order valence-corrected chi connectivity index (χ4v) is 4.19. The van der Waals surface area contributed by atoms with Gasteiger partial charge in [-0.25, -0.2) is 8.42 Å². The monoisotopic (exact) mass is 311 g/mol. The molecule has 0 radical (unpaired) electrons. The first-order valence-corrected chi connectivity index (χ1v) is 8.93. The molecule has 21 heavy (non-hydrogen) atoms. The van der Waals surface area contributed by atoms with Gasteiger partial charge in [-0.05, 0) is 50.5 Å². The molecule has 5 nitrogen and oxygen atoms in total. The predicted octanol–water partition coefficient (Wildman–Crippen LogP) is 1.64. The first-order chi connectivity index (χ1) is 9.85. The molecule has 1 atom stereocenters. The molecular weight excluding hydrogens is 290 g/mol. The van der Waals surface area contributed by atoms with Gasteiger partial charge in [0.2, 0.25) is 0 Å². The van der Waals surface area contributed by atoms with Crippen molar-refractivity contribution in [3.63, 3.8) is 0 Å². The SMILES string of the molecule is CC(C)Oc1ccc(C(=O)NC[C@@H]2CCS(=O)(=O)C2)cc1. The minimum absolute atomic E-state index is 0.0301. The fourth-order valence-electron chi connectivity index (χ4n) is 2.33. The molecule has 1 fully saturated rings. The van der Waals surface area contributed by atoms with E-state index in [1.54, 1.807) is 24.3 Å². The van der Waals surface area contributed by atoms with Crippen LogP contribution in [0, 0.1) is 5.92 Å². The summed E-state index contributed by atoms with van der Waals surface area (Å²) in [5, 5.41) is 2.79. The number of hydrogen-bond acceptors (Lipinski definition) is 4. The average Bonchev–Trinajstić information content (AvgIpc) is 2.76. The molecule has 0 aromatic heterocycles. The van der Waals surface area contributed by atoms with Gasteiger partial charge >= 0.3 is 0 Å². The third kappa shape index (κ3) is 4.74. The van der Waals surface area contributed by atoms with E-state index in [2.05, 4.69) is 5.32 Å². The molecule has 0 bridgehead atoms. The van der Waals surface area contributed by atoms with Crippen molar-refractivity contribution in [2.75, 3.05) is 18.1 Å². The fraction of sp³-hybridized carbons (Fsp3) is 0.533. The van der Waals surface area contributed by atoms with Crippen LogP contribution in [-0.4, -0.2) is 38.5 Å². The highest BCUT2D eigenvalue weighted by molar-refractivity contribution is 7.91. The third-order valence-corrected chi connectivity index (χ3v) is 5.20. The van der Waals surface area contributed by atoms with Crippen molar-refractivity contribution in [3.8, 4) is 5.75 Å². The number of nitrogens with one attached hydrogen (secondary N) is 1. The third-order valence-electron chi connectivity index (χ3n) is 3.37. The largest absolute Gasteiger partial charge is 0.491 e. The minimum atomic E-state index is -2.89. The van der Waals surface area contributed by atoms with Crippen molar-refractivity contribution in [2.24, 2.45) is 5.92 Å². The maximum Gasteiger partial charge on any atom is 0.251 e. The molecule has 1 saturated heterocycles. The van der Waals surface area contributed by atoms with E-state index in [1.807, 2.05) is 13.8 Å². The Labute approximate surface area is 125 Å². The highest BCUT2D eigenvalue weighted by Gasteiger charge is 2.27. The zero-order valence-electron chi connectivity index (χ0n) is 12.3. The maximum absolute atomic E-state index is 12.0. The summed E-state index contributed by atoms with van der Waals surface area (Å²) in [6.07, 6.45) is 0.720. The zero-order valence-corrected chi connectivity index (χ0v) is 13.2. The number of amides is 1. The summed E-state index contributed by atoms with van der Waals surface area (Å²) in [4.78, 5) is 12.0. The van der Waals surface area contributed by atoms with Crippen molar-refractivity contribution in [3.05, 3.63) is 29.8 Å². The summed E-state index contributed by atoms with van der Waals surface area (Å²) < 4.78 is 28.2. The molecule has 1 aromatic carbocycles. The lowest BCUT2D eigenvalue weighted by molar-refractivity contribution is 0.0948. The van der Waals surface area contributed by atoms with E-state index < -0.39 is 9.84 Å². The summed E-state index contributed by atoms with van der Waals surface area (Å²) in [7, 11) is -2.89. The van der Waals surface area contributed by atoms with Crippen LogP contribution in [0.1, 0.15) is 30.6 Å². The molecule has 1 aliphatic rings. The summed E-state index contributed by atoms with van der Waals surface area (Å²) >= 11 is 0. The first-order valence-electron chi connectivity index (χ1n) is 7.11. The predicted molar refractivity (Wildman–Crippen MR) is 81.3 cm³/mol. The Morgan fingerprint density at radius 2 is 2.00 bits per heavy atom. The van der Waals surface area contributed by atoms with Gasteiger partial charge < -0.3 is 10.1 Å². The van der Waals surface area contributed by atoms with E-state index in [-0.39, 0.29) is 29.4 Å². The van der Waals surface area contributed by atoms with Crippen LogP contribution in [0.4, 0.5) is 0 Å². The van der Waals surface area contributed by atoms with Crippen LogP contribution >= 0.6 is 0 Å². The normalized spacial score (nSPS) is 20.4. The summed E-state index contributed by atoms with van der Waals surface area (Å²) in [6, 6.07) is 6.93. The number of benzene rings is 1. The van der Waals surface area contributed by atoms with E-state index in [9.17, 15) is 13.2 Å². The maximum atomic E-state index is 12.0. The molecule has 1 heterocycles. The van der Waals surface area contributed by atoms with Crippen molar-refractivity contribution < 1.29 is 17.9 Å². The second-order valence-electron chi connectivity index (χ2n) is 5.67. The Balaban J connectivity index is 1.86. The quantitative estimate of drug-likeness (QED) is 0.897. The van der Waals surface area contributed by atoms with Crippen LogP contribution in [0.25, 0.3) is 0 Å². The topological polar surface area (TPSA) is 72.5 Å². The minimum Gasteiger partial charge on any atom is -0.491 e. The smallest absolute Gasteiger partial charge is 0.251 e. The molecule has 1 amide bonds. The van der Waals surface area contributed by atoms with E-state index in [0.717, 1.165) is 5.75 Å². The van der Waals surface area contributed by atoms with Crippen LogP contribution in [-0.2, 0) is 9.84 Å². The van der Waals surface area contributed by atoms with Crippen molar-refractivity contribution >= 4 is 15.7 Å². The number of carbonyl (C=O) groups excluding carboxylic acids is 1. The van der Waals surface area contributed by atoms with E-state index in [0.29, 0.717) is 18.5 Å². The van der Waals surface area contributed by atoms with Crippen molar-refractivity contribution in [2.45, 2.75) is 26.4 Å². The first kappa shape index (κ1) is 15.8. The highest BCUT2D eigenvalue weighted by Crippen LogP contribution is 2.18. The Bertz CT molecular complexity index is 593. The Kier molecular flexibility index (Phi) is 4.88. The average molecular weight is 311 g/mol. The lowest BCUT2D eigenvalue weighted by atomic mass is 10.1. The number of sulfone groups is 1. The summed E-state index contributed by atoms with van der Waals surface area (Å²) in [5.74, 6) is 0.977. The van der Waals surface area contributed by atoms with Crippen LogP contribution < -0.4 is 10.1 Å². The summed E-state index contributed by atoms with van der Waals surface area (Å²) in [5.41, 5.74) is 0.548. The number of carbonyl (C=O) groups is 1.